The Balaban J connectivity index is 1.97. The highest BCUT2D eigenvalue weighted by Gasteiger charge is 2.20. The number of ether oxygens (including phenoxy) is 1. The number of nitrogens with zero attached hydrogens (tertiary/aromatic N) is 1. The van der Waals surface area contributed by atoms with Crippen LogP contribution in [0.15, 0.2) is 0 Å². The summed E-state index contributed by atoms with van der Waals surface area (Å²) in [5.74, 6) is 0. The minimum absolute atomic E-state index is 0.637. The van der Waals surface area contributed by atoms with Crippen LogP contribution in [0.1, 0.15) is 26.2 Å². The molecule has 0 bridgehead atoms. The number of rotatable bonds is 7. The highest BCUT2D eigenvalue weighted by molar-refractivity contribution is 7.80. The smallest absolute Gasteiger partial charge is 0.166 e. The summed E-state index contributed by atoms with van der Waals surface area (Å²) in [6.45, 7) is 6.65. The van der Waals surface area contributed by atoms with Crippen LogP contribution < -0.4 is 10.6 Å². The standard InChI is InChI=1S/C12H25N3OS/c1-3-16-9-5-7-13-12(17)14-10-11-6-4-8-15(11)2/h11H,3-10H2,1-2H3,(H2,13,14,17). The van der Waals surface area contributed by atoms with E-state index in [1.165, 1.54) is 19.4 Å². The molecular formula is C12H25N3OS. The van der Waals surface area contributed by atoms with Crippen LogP contribution in [0.4, 0.5) is 0 Å². The molecular weight excluding hydrogens is 234 g/mol. The molecule has 0 amide bonds. The van der Waals surface area contributed by atoms with Crippen LogP contribution in [0, 0.1) is 0 Å². The molecule has 1 rings (SSSR count). The third kappa shape index (κ3) is 6.19. The van der Waals surface area contributed by atoms with Crippen LogP contribution >= 0.6 is 12.2 Å². The molecule has 0 aromatic heterocycles. The van der Waals surface area contributed by atoms with Crippen LogP contribution in [-0.4, -0.2) is 55.9 Å². The molecule has 1 unspecified atom stereocenters. The van der Waals surface area contributed by atoms with Crippen LogP contribution in [0.5, 0.6) is 0 Å². The van der Waals surface area contributed by atoms with Gasteiger partial charge in [0.05, 0.1) is 0 Å². The molecule has 0 aromatic rings. The summed E-state index contributed by atoms with van der Waals surface area (Å²) in [5.41, 5.74) is 0. The molecule has 1 atom stereocenters. The number of thiocarbonyl (C=S) groups is 1. The summed E-state index contributed by atoms with van der Waals surface area (Å²) in [5, 5.41) is 7.25. The maximum absolute atomic E-state index is 5.26. The Morgan fingerprint density at radius 1 is 1.47 bits per heavy atom. The summed E-state index contributed by atoms with van der Waals surface area (Å²) in [4.78, 5) is 2.39. The fourth-order valence-electron chi connectivity index (χ4n) is 2.03. The Bertz CT molecular complexity index is 226. The van der Waals surface area contributed by atoms with Gasteiger partial charge in [-0.05, 0) is 52.0 Å². The van der Waals surface area contributed by atoms with Gasteiger partial charge in [0.2, 0.25) is 0 Å². The first-order valence-electron chi connectivity index (χ1n) is 6.53. The number of likely N-dealkylation sites (N-methyl/N-ethyl adjacent to an activating group) is 1. The summed E-state index contributed by atoms with van der Waals surface area (Å²) < 4.78 is 5.26. The second-order valence-corrected chi connectivity index (χ2v) is 4.87. The molecule has 1 fully saturated rings. The third-order valence-electron chi connectivity index (χ3n) is 3.12. The molecule has 1 heterocycles. The van der Waals surface area contributed by atoms with E-state index < -0.39 is 0 Å². The normalized spacial score (nSPS) is 20.5. The Hall–Kier alpha value is -0.390. The van der Waals surface area contributed by atoms with Crippen molar-refractivity contribution in [1.29, 1.82) is 0 Å². The molecule has 0 saturated carbocycles. The van der Waals surface area contributed by atoms with Crippen LogP contribution in [-0.2, 0) is 4.74 Å². The number of likely N-dealkylation sites (tertiary alicyclic amines) is 1. The molecule has 0 aromatic carbocycles. The lowest BCUT2D eigenvalue weighted by Crippen LogP contribution is -2.43. The Labute approximate surface area is 110 Å². The fourth-order valence-corrected chi connectivity index (χ4v) is 2.22. The first kappa shape index (κ1) is 14.7. The number of nitrogens with one attached hydrogen (secondary N) is 2. The minimum Gasteiger partial charge on any atom is -0.382 e. The maximum atomic E-state index is 5.26. The van der Waals surface area contributed by atoms with Crippen molar-refractivity contribution < 1.29 is 4.74 Å². The van der Waals surface area contributed by atoms with Gasteiger partial charge < -0.3 is 20.3 Å². The van der Waals surface area contributed by atoms with Gasteiger partial charge >= 0.3 is 0 Å². The van der Waals surface area contributed by atoms with Gasteiger partial charge in [-0.1, -0.05) is 0 Å². The largest absolute Gasteiger partial charge is 0.382 e. The highest BCUT2D eigenvalue weighted by atomic mass is 32.1. The van der Waals surface area contributed by atoms with Gasteiger partial charge in [-0.15, -0.1) is 0 Å². The van der Waals surface area contributed by atoms with Crippen molar-refractivity contribution in [2.75, 3.05) is 39.9 Å². The van der Waals surface area contributed by atoms with E-state index in [9.17, 15) is 0 Å². The fraction of sp³-hybridized carbons (Fsp3) is 0.917. The molecule has 1 aliphatic rings. The van der Waals surface area contributed by atoms with E-state index >= 15 is 0 Å². The lowest BCUT2D eigenvalue weighted by molar-refractivity contribution is 0.145. The quantitative estimate of drug-likeness (QED) is 0.526. The molecule has 1 saturated heterocycles. The lowest BCUT2D eigenvalue weighted by Gasteiger charge is -2.20. The predicted molar refractivity (Wildman–Crippen MR) is 75.4 cm³/mol. The van der Waals surface area contributed by atoms with Gasteiger partial charge in [0.1, 0.15) is 0 Å². The lowest BCUT2D eigenvalue weighted by atomic mass is 10.2. The van der Waals surface area contributed by atoms with Crippen molar-refractivity contribution in [3.8, 4) is 0 Å². The second-order valence-electron chi connectivity index (χ2n) is 4.46. The SMILES string of the molecule is CCOCCCNC(=S)NCC1CCCN1C. The molecule has 4 nitrogen and oxygen atoms in total. The zero-order chi connectivity index (χ0) is 12.5. The monoisotopic (exact) mass is 259 g/mol. The number of hydrogen-bond acceptors (Lipinski definition) is 3. The average Bonchev–Trinajstić information content (AvgIpc) is 2.72. The van der Waals surface area contributed by atoms with Crippen molar-refractivity contribution >= 4 is 17.3 Å². The van der Waals surface area contributed by atoms with Crippen molar-refractivity contribution in [3.63, 3.8) is 0 Å². The maximum Gasteiger partial charge on any atom is 0.166 e. The van der Waals surface area contributed by atoms with E-state index in [2.05, 4.69) is 22.6 Å². The summed E-state index contributed by atoms with van der Waals surface area (Å²) in [7, 11) is 2.18. The summed E-state index contributed by atoms with van der Waals surface area (Å²) in [6, 6.07) is 0.637. The Kier molecular flexibility index (Phi) is 7.48. The minimum atomic E-state index is 0.637. The molecule has 5 heteroatoms. The van der Waals surface area contributed by atoms with E-state index in [0.717, 1.165) is 37.8 Å². The van der Waals surface area contributed by atoms with Gasteiger partial charge in [0.15, 0.2) is 5.11 Å². The molecule has 0 radical (unpaired) electrons. The van der Waals surface area contributed by atoms with Gasteiger partial charge in [-0.25, -0.2) is 0 Å². The van der Waals surface area contributed by atoms with Gasteiger partial charge in [-0.3, -0.25) is 0 Å². The number of hydrogen-bond donors (Lipinski definition) is 2. The predicted octanol–water partition coefficient (Wildman–Crippen LogP) is 0.971. The van der Waals surface area contributed by atoms with E-state index in [1.54, 1.807) is 0 Å². The molecule has 2 N–H and O–H groups in total. The molecule has 0 aliphatic carbocycles. The van der Waals surface area contributed by atoms with Gasteiger partial charge in [-0.2, -0.15) is 0 Å². The summed E-state index contributed by atoms with van der Waals surface area (Å²) >= 11 is 5.22. The zero-order valence-electron chi connectivity index (χ0n) is 11.0. The van der Waals surface area contributed by atoms with Gasteiger partial charge in [0.25, 0.3) is 0 Å². The molecule has 1 aliphatic heterocycles. The average molecular weight is 259 g/mol. The highest BCUT2D eigenvalue weighted by Crippen LogP contribution is 2.13. The second kappa shape index (κ2) is 8.66. The molecule has 17 heavy (non-hydrogen) atoms. The van der Waals surface area contributed by atoms with E-state index in [-0.39, 0.29) is 0 Å². The van der Waals surface area contributed by atoms with Crippen molar-refractivity contribution in [2.24, 2.45) is 0 Å². The third-order valence-corrected chi connectivity index (χ3v) is 3.41. The van der Waals surface area contributed by atoms with Gasteiger partial charge in [0, 0.05) is 32.3 Å². The van der Waals surface area contributed by atoms with Crippen LogP contribution in [0.25, 0.3) is 0 Å². The zero-order valence-corrected chi connectivity index (χ0v) is 11.8. The Morgan fingerprint density at radius 2 is 2.29 bits per heavy atom. The van der Waals surface area contributed by atoms with Crippen molar-refractivity contribution in [2.45, 2.75) is 32.2 Å². The van der Waals surface area contributed by atoms with Crippen molar-refractivity contribution in [3.05, 3.63) is 0 Å². The van der Waals surface area contributed by atoms with E-state index in [1.807, 2.05) is 6.92 Å². The van der Waals surface area contributed by atoms with E-state index in [4.69, 9.17) is 17.0 Å². The Morgan fingerprint density at radius 3 is 2.94 bits per heavy atom. The molecule has 0 spiro atoms. The van der Waals surface area contributed by atoms with E-state index in [0.29, 0.717) is 6.04 Å². The van der Waals surface area contributed by atoms with Crippen LogP contribution in [0.3, 0.4) is 0 Å². The first-order chi connectivity index (χ1) is 8.24. The molecule has 100 valence electrons. The van der Waals surface area contributed by atoms with Crippen LogP contribution in [0.2, 0.25) is 0 Å². The topological polar surface area (TPSA) is 36.5 Å². The van der Waals surface area contributed by atoms with Crippen molar-refractivity contribution in [1.82, 2.24) is 15.5 Å². The first-order valence-corrected chi connectivity index (χ1v) is 6.94. The summed E-state index contributed by atoms with van der Waals surface area (Å²) in [6.07, 6.45) is 3.58.